The standard InChI is InChI=1S/C22H23FN4O2/c1-3-27-14-17(29-20-7-5-4-6-19(20)27)13-26(2)22(28)18-12-24-25-21(18)15-8-10-16(23)11-9-15/h4-12,17H,3,13-14H2,1-2H3,(H,24,25)/t17-/m1/s1. The average Bonchev–Trinajstić information content (AvgIpc) is 3.22. The molecule has 0 spiro atoms. The Kier molecular flexibility index (Phi) is 5.20. The van der Waals surface area contributed by atoms with Crippen LogP contribution in [0.3, 0.4) is 0 Å². The van der Waals surface area contributed by atoms with Crippen molar-refractivity contribution in [1.29, 1.82) is 0 Å². The summed E-state index contributed by atoms with van der Waals surface area (Å²) in [7, 11) is 1.75. The van der Waals surface area contributed by atoms with Crippen LogP contribution < -0.4 is 9.64 Å². The minimum atomic E-state index is -0.325. The number of aromatic nitrogens is 2. The third-order valence-corrected chi connectivity index (χ3v) is 5.13. The quantitative estimate of drug-likeness (QED) is 0.719. The van der Waals surface area contributed by atoms with E-state index < -0.39 is 0 Å². The number of carbonyl (C=O) groups is 1. The maximum Gasteiger partial charge on any atom is 0.257 e. The van der Waals surface area contributed by atoms with Crippen LogP contribution >= 0.6 is 0 Å². The summed E-state index contributed by atoms with van der Waals surface area (Å²) in [5, 5.41) is 6.87. The number of hydrogen-bond donors (Lipinski definition) is 1. The van der Waals surface area contributed by atoms with E-state index >= 15 is 0 Å². The van der Waals surface area contributed by atoms with Crippen LogP contribution in [-0.2, 0) is 0 Å². The fourth-order valence-corrected chi connectivity index (χ4v) is 3.65. The molecular formula is C22H23FN4O2. The summed E-state index contributed by atoms with van der Waals surface area (Å²) in [5.41, 5.74) is 2.81. The normalized spacial score (nSPS) is 15.6. The first kappa shape index (κ1) is 19.0. The number of anilines is 1. The molecule has 3 aromatic rings. The molecule has 0 radical (unpaired) electrons. The van der Waals surface area contributed by atoms with Gasteiger partial charge in [-0.05, 0) is 43.3 Å². The minimum absolute atomic E-state index is 0.139. The molecule has 7 heteroatoms. The second-order valence-corrected chi connectivity index (χ2v) is 7.10. The molecule has 6 nitrogen and oxygen atoms in total. The van der Waals surface area contributed by atoms with Crippen molar-refractivity contribution in [2.24, 2.45) is 0 Å². The Bertz CT molecular complexity index is 1000. The molecule has 1 atom stereocenters. The SMILES string of the molecule is CCN1C[C@@H](CN(C)C(=O)c2cn[nH]c2-c2ccc(F)cc2)Oc2ccccc21. The second-order valence-electron chi connectivity index (χ2n) is 7.10. The predicted octanol–water partition coefficient (Wildman–Crippen LogP) is 3.58. The number of likely N-dealkylation sites (N-methyl/N-ethyl adjacent to an activating group) is 2. The first-order valence-electron chi connectivity index (χ1n) is 9.62. The van der Waals surface area contributed by atoms with E-state index in [1.54, 1.807) is 24.1 Å². The van der Waals surface area contributed by atoms with Gasteiger partial charge in [-0.15, -0.1) is 0 Å². The lowest BCUT2D eigenvalue weighted by Gasteiger charge is -2.37. The fourth-order valence-electron chi connectivity index (χ4n) is 3.65. The number of nitrogens with one attached hydrogen (secondary N) is 1. The maximum absolute atomic E-state index is 13.2. The third-order valence-electron chi connectivity index (χ3n) is 5.13. The number of ether oxygens (including phenoxy) is 1. The summed E-state index contributed by atoms with van der Waals surface area (Å²) < 4.78 is 19.4. The van der Waals surface area contributed by atoms with E-state index in [0.29, 0.717) is 29.9 Å². The fraction of sp³-hybridized carbons (Fsp3) is 0.273. The molecule has 1 aliphatic rings. The van der Waals surface area contributed by atoms with Crippen molar-refractivity contribution in [2.45, 2.75) is 13.0 Å². The number of nitrogens with zero attached hydrogens (tertiary/aromatic N) is 3. The molecule has 0 fully saturated rings. The van der Waals surface area contributed by atoms with E-state index in [1.165, 1.54) is 18.3 Å². The molecule has 0 unspecified atom stereocenters. The van der Waals surface area contributed by atoms with Crippen LogP contribution in [0.15, 0.2) is 54.7 Å². The zero-order valence-electron chi connectivity index (χ0n) is 16.4. The van der Waals surface area contributed by atoms with Crippen molar-refractivity contribution in [3.05, 3.63) is 66.1 Å². The molecule has 150 valence electrons. The summed E-state index contributed by atoms with van der Waals surface area (Å²) >= 11 is 0. The Morgan fingerprint density at radius 1 is 1.28 bits per heavy atom. The van der Waals surface area contributed by atoms with Crippen LogP contribution in [0.1, 0.15) is 17.3 Å². The van der Waals surface area contributed by atoms with Gasteiger partial charge in [0.1, 0.15) is 17.7 Å². The molecule has 1 aliphatic heterocycles. The molecule has 0 bridgehead atoms. The number of fused-ring (bicyclic) bond motifs is 1. The van der Waals surface area contributed by atoms with Crippen molar-refractivity contribution >= 4 is 11.6 Å². The molecule has 29 heavy (non-hydrogen) atoms. The lowest BCUT2D eigenvalue weighted by atomic mass is 10.1. The van der Waals surface area contributed by atoms with Gasteiger partial charge in [0.2, 0.25) is 0 Å². The molecule has 1 N–H and O–H groups in total. The number of hydrogen-bond acceptors (Lipinski definition) is 4. The van der Waals surface area contributed by atoms with Gasteiger partial charge in [0, 0.05) is 19.2 Å². The van der Waals surface area contributed by atoms with Gasteiger partial charge in [-0.2, -0.15) is 5.10 Å². The number of amides is 1. The van der Waals surface area contributed by atoms with Crippen molar-refractivity contribution < 1.29 is 13.9 Å². The summed E-state index contributed by atoms with van der Waals surface area (Å²) in [6.45, 7) is 4.12. The minimum Gasteiger partial charge on any atom is -0.485 e. The van der Waals surface area contributed by atoms with E-state index in [4.69, 9.17) is 4.74 Å². The van der Waals surface area contributed by atoms with Gasteiger partial charge in [0.15, 0.2) is 0 Å². The van der Waals surface area contributed by atoms with Gasteiger partial charge >= 0.3 is 0 Å². The molecule has 0 aliphatic carbocycles. The van der Waals surface area contributed by atoms with E-state index in [9.17, 15) is 9.18 Å². The first-order chi connectivity index (χ1) is 14.1. The number of benzene rings is 2. The number of aromatic amines is 1. The highest BCUT2D eigenvalue weighted by atomic mass is 19.1. The Morgan fingerprint density at radius 3 is 2.79 bits per heavy atom. The summed E-state index contributed by atoms with van der Waals surface area (Å²) in [6, 6.07) is 13.9. The van der Waals surface area contributed by atoms with E-state index in [1.807, 2.05) is 24.3 Å². The van der Waals surface area contributed by atoms with Crippen LogP contribution in [0, 0.1) is 5.82 Å². The number of H-pyrrole nitrogens is 1. The van der Waals surface area contributed by atoms with Crippen molar-refractivity contribution in [1.82, 2.24) is 15.1 Å². The number of rotatable bonds is 5. The van der Waals surface area contributed by atoms with Gasteiger partial charge in [-0.3, -0.25) is 9.89 Å². The van der Waals surface area contributed by atoms with E-state index in [-0.39, 0.29) is 17.8 Å². The molecule has 2 aromatic carbocycles. The van der Waals surface area contributed by atoms with Crippen LogP contribution in [-0.4, -0.2) is 53.8 Å². The molecule has 0 saturated carbocycles. The Hall–Kier alpha value is -3.35. The molecule has 1 amide bonds. The number of halogens is 1. The monoisotopic (exact) mass is 394 g/mol. The Morgan fingerprint density at radius 2 is 2.03 bits per heavy atom. The Balaban J connectivity index is 1.50. The van der Waals surface area contributed by atoms with Crippen molar-refractivity contribution in [3.8, 4) is 17.0 Å². The van der Waals surface area contributed by atoms with Gasteiger partial charge in [0.05, 0.1) is 36.2 Å². The van der Waals surface area contributed by atoms with Gasteiger partial charge < -0.3 is 14.5 Å². The van der Waals surface area contributed by atoms with E-state index in [0.717, 1.165) is 18.0 Å². The van der Waals surface area contributed by atoms with Gasteiger partial charge in [-0.25, -0.2) is 4.39 Å². The van der Waals surface area contributed by atoms with Crippen LogP contribution in [0.4, 0.5) is 10.1 Å². The number of para-hydroxylation sites is 2. The zero-order valence-corrected chi connectivity index (χ0v) is 16.4. The zero-order chi connectivity index (χ0) is 20.4. The number of carbonyl (C=O) groups excluding carboxylic acids is 1. The molecule has 1 aromatic heterocycles. The lowest BCUT2D eigenvalue weighted by Crippen LogP contribution is -2.46. The lowest BCUT2D eigenvalue weighted by molar-refractivity contribution is 0.0710. The highest BCUT2D eigenvalue weighted by Crippen LogP contribution is 2.33. The maximum atomic E-state index is 13.2. The second kappa shape index (κ2) is 7.95. The smallest absolute Gasteiger partial charge is 0.257 e. The summed E-state index contributed by atoms with van der Waals surface area (Å²) in [5.74, 6) is 0.346. The largest absolute Gasteiger partial charge is 0.485 e. The highest BCUT2D eigenvalue weighted by molar-refractivity contribution is 5.99. The van der Waals surface area contributed by atoms with E-state index in [2.05, 4.69) is 22.0 Å². The first-order valence-corrected chi connectivity index (χ1v) is 9.62. The van der Waals surface area contributed by atoms with Crippen LogP contribution in [0.25, 0.3) is 11.3 Å². The predicted molar refractivity (Wildman–Crippen MR) is 110 cm³/mol. The molecule has 2 heterocycles. The average molecular weight is 394 g/mol. The van der Waals surface area contributed by atoms with Crippen molar-refractivity contribution in [2.75, 3.05) is 31.6 Å². The van der Waals surface area contributed by atoms with Gasteiger partial charge in [0.25, 0.3) is 5.91 Å². The van der Waals surface area contributed by atoms with Crippen LogP contribution in [0.5, 0.6) is 5.75 Å². The van der Waals surface area contributed by atoms with Crippen LogP contribution in [0.2, 0.25) is 0 Å². The third kappa shape index (κ3) is 3.81. The summed E-state index contributed by atoms with van der Waals surface area (Å²) in [4.78, 5) is 17.0. The molecular weight excluding hydrogens is 371 g/mol. The highest BCUT2D eigenvalue weighted by Gasteiger charge is 2.28. The summed E-state index contributed by atoms with van der Waals surface area (Å²) in [6.07, 6.45) is 1.37. The van der Waals surface area contributed by atoms with Gasteiger partial charge in [-0.1, -0.05) is 12.1 Å². The molecule has 4 rings (SSSR count). The van der Waals surface area contributed by atoms with Crippen molar-refractivity contribution in [3.63, 3.8) is 0 Å². The Labute approximate surface area is 168 Å². The molecule has 0 saturated heterocycles. The topological polar surface area (TPSA) is 61.5 Å².